The fourth-order valence-electron chi connectivity index (χ4n) is 7.13. The highest BCUT2D eigenvalue weighted by atomic mass is 16.5. The van der Waals surface area contributed by atoms with Crippen LogP contribution >= 0.6 is 0 Å². The zero-order valence-electron chi connectivity index (χ0n) is 20.7. The average Bonchev–Trinajstić information content (AvgIpc) is 2.87. The van der Waals surface area contributed by atoms with Gasteiger partial charge in [0.1, 0.15) is 0 Å². The van der Waals surface area contributed by atoms with Crippen molar-refractivity contribution in [3.05, 3.63) is 30.1 Å². The van der Waals surface area contributed by atoms with E-state index in [1.807, 2.05) is 12.4 Å². The van der Waals surface area contributed by atoms with Gasteiger partial charge in [-0.2, -0.15) is 0 Å². The van der Waals surface area contributed by atoms with E-state index in [0.29, 0.717) is 12.5 Å². The molecule has 1 aromatic heterocycles. The fourth-order valence-corrected chi connectivity index (χ4v) is 7.13. The third-order valence-electron chi connectivity index (χ3n) is 8.64. The van der Waals surface area contributed by atoms with E-state index in [0.717, 1.165) is 76.7 Å². The van der Waals surface area contributed by atoms with Crippen molar-refractivity contribution >= 4 is 5.91 Å². The molecule has 1 aromatic rings. The minimum atomic E-state index is 0.212. The third kappa shape index (κ3) is 5.99. The van der Waals surface area contributed by atoms with E-state index in [2.05, 4.69) is 37.1 Å². The van der Waals surface area contributed by atoms with Crippen molar-refractivity contribution in [1.82, 2.24) is 25.0 Å². The number of ether oxygens (including phenoxy) is 1. The number of piperidine rings is 3. The molecule has 0 radical (unpaired) electrons. The first-order chi connectivity index (χ1) is 16.8. The maximum Gasteiger partial charge on any atom is 0.220 e. The van der Waals surface area contributed by atoms with Crippen LogP contribution in [0.1, 0.15) is 50.5 Å². The topological polar surface area (TPSA) is 60.9 Å². The monoisotopic (exact) mass is 469 g/mol. The van der Waals surface area contributed by atoms with Crippen molar-refractivity contribution in [2.75, 3.05) is 59.0 Å². The molecule has 188 valence electrons. The molecule has 7 nitrogen and oxygen atoms in total. The Labute approximate surface area is 205 Å². The molecule has 0 unspecified atom stereocenters. The smallest absolute Gasteiger partial charge is 0.220 e. The van der Waals surface area contributed by atoms with Gasteiger partial charge in [0, 0.05) is 70.2 Å². The quantitative estimate of drug-likeness (QED) is 0.599. The first-order valence-corrected chi connectivity index (χ1v) is 13.7. The summed E-state index contributed by atoms with van der Waals surface area (Å²) in [6.45, 7) is 10.0. The van der Waals surface area contributed by atoms with Crippen molar-refractivity contribution < 1.29 is 9.53 Å². The predicted molar refractivity (Wildman–Crippen MR) is 133 cm³/mol. The van der Waals surface area contributed by atoms with Crippen LogP contribution in [0.25, 0.3) is 0 Å². The SMILES string of the molecule is O=C(CCC[C@@H]1[C@H]2CCCN3CCC[C@@H](CN1Cc1cccnc1)[C@@H]23)NCCN1CCOCC1. The van der Waals surface area contributed by atoms with Crippen molar-refractivity contribution in [1.29, 1.82) is 0 Å². The molecule has 7 heteroatoms. The summed E-state index contributed by atoms with van der Waals surface area (Å²) in [6.07, 6.45) is 12.0. The number of pyridine rings is 1. The number of morpholine rings is 1. The number of nitrogens with zero attached hydrogens (tertiary/aromatic N) is 4. The molecule has 1 N–H and O–H groups in total. The Morgan fingerprint density at radius 2 is 2.00 bits per heavy atom. The lowest BCUT2D eigenvalue weighted by molar-refractivity contribution is -0.121. The molecule has 1 amide bonds. The first-order valence-electron chi connectivity index (χ1n) is 13.7. The molecule has 0 spiro atoms. The van der Waals surface area contributed by atoms with Gasteiger partial charge in [-0.15, -0.1) is 0 Å². The normalized spacial score (nSPS) is 30.6. The number of hydrogen-bond acceptors (Lipinski definition) is 6. The van der Waals surface area contributed by atoms with E-state index in [1.54, 1.807) is 0 Å². The minimum Gasteiger partial charge on any atom is -0.379 e. The fraction of sp³-hybridized carbons (Fsp3) is 0.778. The molecule has 0 aromatic carbocycles. The van der Waals surface area contributed by atoms with E-state index >= 15 is 0 Å². The Bertz CT molecular complexity index is 770. The van der Waals surface area contributed by atoms with Crippen LogP contribution in [0.5, 0.6) is 0 Å². The lowest BCUT2D eigenvalue weighted by atomic mass is 9.69. The molecule has 34 heavy (non-hydrogen) atoms. The second kappa shape index (κ2) is 11.9. The van der Waals surface area contributed by atoms with Crippen molar-refractivity contribution in [3.63, 3.8) is 0 Å². The molecule has 4 atom stereocenters. The van der Waals surface area contributed by atoms with Gasteiger partial charge in [-0.05, 0) is 75.1 Å². The van der Waals surface area contributed by atoms with Gasteiger partial charge >= 0.3 is 0 Å². The summed E-state index contributed by atoms with van der Waals surface area (Å²) in [5, 5.41) is 3.16. The van der Waals surface area contributed by atoms with Gasteiger partial charge in [0.05, 0.1) is 13.2 Å². The second-order valence-corrected chi connectivity index (χ2v) is 10.8. The van der Waals surface area contributed by atoms with Crippen molar-refractivity contribution in [2.24, 2.45) is 11.8 Å². The number of aromatic nitrogens is 1. The number of likely N-dealkylation sites (tertiary alicyclic amines) is 1. The minimum absolute atomic E-state index is 0.212. The highest BCUT2D eigenvalue weighted by molar-refractivity contribution is 5.75. The summed E-state index contributed by atoms with van der Waals surface area (Å²) in [6, 6.07) is 5.61. The zero-order valence-corrected chi connectivity index (χ0v) is 20.7. The number of amides is 1. The molecule has 4 fully saturated rings. The van der Waals surface area contributed by atoms with Gasteiger partial charge in [-0.3, -0.25) is 24.5 Å². The predicted octanol–water partition coefficient (Wildman–Crippen LogP) is 2.38. The molecular weight excluding hydrogens is 426 g/mol. The molecule has 4 aliphatic rings. The van der Waals surface area contributed by atoms with E-state index in [1.165, 1.54) is 50.9 Å². The molecule has 0 saturated carbocycles. The number of nitrogens with one attached hydrogen (secondary N) is 1. The van der Waals surface area contributed by atoms with Crippen LogP contribution in [-0.4, -0.2) is 96.7 Å². The summed E-state index contributed by atoms with van der Waals surface area (Å²) in [5.74, 6) is 1.76. The number of carbonyl (C=O) groups excluding carboxylic acids is 1. The van der Waals surface area contributed by atoms with Crippen LogP contribution in [0.3, 0.4) is 0 Å². The second-order valence-electron chi connectivity index (χ2n) is 10.8. The van der Waals surface area contributed by atoms with Gasteiger partial charge in [0.25, 0.3) is 0 Å². The molecular formula is C27H43N5O2. The maximum atomic E-state index is 12.6. The Kier molecular flexibility index (Phi) is 8.48. The summed E-state index contributed by atoms with van der Waals surface area (Å²) in [7, 11) is 0. The number of carbonyl (C=O) groups is 1. The van der Waals surface area contributed by atoms with Crippen molar-refractivity contribution in [3.8, 4) is 0 Å². The van der Waals surface area contributed by atoms with Gasteiger partial charge in [-0.25, -0.2) is 0 Å². The Morgan fingerprint density at radius 1 is 1.15 bits per heavy atom. The summed E-state index contributed by atoms with van der Waals surface area (Å²) < 4.78 is 5.41. The van der Waals surface area contributed by atoms with Crippen LogP contribution < -0.4 is 5.32 Å². The van der Waals surface area contributed by atoms with Gasteiger partial charge in [-0.1, -0.05) is 6.07 Å². The molecule has 4 aliphatic heterocycles. The van der Waals surface area contributed by atoms with Crippen LogP contribution in [0, 0.1) is 11.8 Å². The lowest BCUT2D eigenvalue weighted by Crippen LogP contribution is -2.64. The Hall–Kier alpha value is -1.54. The highest BCUT2D eigenvalue weighted by Gasteiger charge is 2.48. The maximum absolute atomic E-state index is 12.6. The molecule has 0 bridgehead atoms. The van der Waals surface area contributed by atoms with Gasteiger partial charge < -0.3 is 10.1 Å². The first kappa shape index (κ1) is 24.2. The van der Waals surface area contributed by atoms with Crippen LogP contribution in [0.2, 0.25) is 0 Å². The summed E-state index contributed by atoms with van der Waals surface area (Å²) >= 11 is 0. The lowest BCUT2D eigenvalue weighted by Gasteiger charge is -2.57. The van der Waals surface area contributed by atoms with Crippen molar-refractivity contribution in [2.45, 2.75) is 63.6 Å². The van der Waals surface area contributed by atoms with Crippen LogP contribution in [-0.2, 0) is 16.1 Å². The van der Waals surface area contributed by atoms with E-state index in [4.69, 9.17) is 4.74 Å². The highest BCUT2D eigenvalue weighted by Crippen LogP contribution is 2.43. The largest absolute Gasteiger partial charge is 0.379 e. The average molecular weight is 470 g/mol. The standard InChI is InChI=1S/C27H43N5O2/c33-26(29-11-14-30-15-17-34-18-16-30)9-1-8-25-24-7-4-13-31-12-3-6-23(27(24)31)21-32(25)20-22-5-2-10-28-19-22/h2,5,10,19,23-25,27H,1,3-4,6-9,11-18,20-21H2,(H,29,33)/t23-,24+,25+,27-/m0/s1. The van der Waals surface area contributed by atoms with Crippen LogP contribution in [0.4, 0.5) is 0 Å². The number of rotatable bonds is 9. The Morgan fingerprint density at radius 3 is 2.82 bits per heavy atom. The van der Waals surface area contributed by atoms with Crippen LogP contribution in [0.15, 0.2) is 24.5 Å². The third-order valence-corrected chi connectivity index (χ3v) is 8.64. The summed E-state index contributed by atoms with van der Waals surface area (Å²) in [4.78, 5) is 24.9. The van der Waals surface area contributed by atoms with Gasteiger partial charge in [0.2, 0.25) is 5.91 Å². The Balaban J connectivity index is 1.16. The zero-order chi connectivity index (χ0) is 23.2. The van der Waals surface area contributed by atoms with Gasteiger partial charge in [0.15, 0.2) is 0 Å². The number of hydrogen-bond donors (Lipinski definition) is 1. The molecule has 0 aliphatic carbocycles. The van der Waals surface area contributed by atoms with E-state index in [9.17, 15) is 4.79 Å². The van der Waals surface area contributed by atoms with E-state index in [-0.39, 0.29) is 5.91 Å². The molecule has 5 rings (SSSR count). The summed E-state index contributed by atoms with van der Waals surface area (Å²) in [5.41, 5.74) is 1.32. The van der Waals surface area contributed by atoms with E-state index < -0.39 is 0 Å². The molecule has 5 heterocycles. The molecule has 4 saturated heterocycles.